The van der Waals surface area contributed by atoms with Crippen LogP contribution in [0.25, 0.3) is 0 Å². The predicted octanol–water partition coefficient (Wildman–Crippen LogP) is 7.74. The van der Waals surface area contributed by atoms with Gasteiger partial charge in [-0.05, 0) is 71.6 Å². The van der Waals surface area contributed by atoms with Gasteiger partial charge in [-0.1, -0.05) is 63.3 Å². The normalized spacial score (nSPS) is 15.5. The molecule has 0 amide bonds. The van der Waals surface area contributed by atoms with E-state index < -0.39 is 11.6 Å². The molecular formula is C27H42O3. The van der Waals surface area contributed by atoms with Gasteiger partial charge in [-0.2, -0.15) is 0 Å². The lowest BCUT2D eigenvalue weighted by Crippen LogP contribution is -2.26. The third-order valence-electron chi connectivity index (χ3n) is 5.67. The van der Waals surface area contributed by atoms with Gasteiger partial charge in [-0.3, -0.25) is 9.59 Å². The van der Waals surface area contributed by atoms with Crippen LogP contribution < -0.4 is 0 Å². The second-order valence-corrected chi connectivity index (χ2v) is 9.26. The lowest BCUT2D eigenvalue weighted by atomic mass is 9.82. The summed E-state index contributed by atoms with van der Waals surface area (Å²) in [7, 11) is 0. The Hall–Kier alpha value is -1.90. The van der Waals surface area contributed by atoms with E-state index in [1.54, 1.807) is 0 Å². The molecule has 0 aromatic rings. The maximum Gasteiger partial charge on any atom is 0.233 e. The molecule has 3 heteroatoms. The molecule has 1 aliphatic rings. The second-order valence-electron chi connectivity index (χ2n) is 9.26. The van der Waals surface area contributed by atoms with Crippen LogP contribution in [-0.4, -0.2) is 16.7 Å². The summed E-state index contributed by atoms with van der Waals surface area (Å²) in [6.45, 7) is 12.7. The number of hydrogen-bond donors (Lipinski definition) is 1. The van der Waals surface area contributed by atoms with Gasteiger partial charge in [0.1, 0.15) is 5.76 Å². The van der Waals surface area contributed by atoms with Crippen molar-refractivity contribution in [3.05, 3.63) is 45.8 Å². The van der Waals surface area contributed by atoms with Crippen LogP contribution in [0, 0.1) is 5.92 Å². The molecule has 0 saturated carbocycles. The van der Waals surface area contributed by atoms with Gasteiger partial charge in [0.05, 0.1) is 0 Å². The van der Waals surface area contributed by atoms with Crippen LogP contribution in [0.15, 0.2) is 45.8 Å². The van der Waals surface area contributed by atoms with E-state index in [1.807, 2.05) is 13.0 Å². The van der Waals surface area contributed by atoms with Crippen molar-refractivity contribution in [2.75, 3.05) is 0 Å². The third-order valence-corrected chi connectivity index (χ3v) is 5.67. The molecule has 1 rings (SSSR count). The number of carbonyl (C=O) groups excluding carboxylic acids is 2. The Morgan fingerprint density at radius 2 is 1.53 bits per heavy atom. The summed E-state index contributed by atoms with van der Waals surface area (Å²) in [6.07, 6.45) is 12.6. The van der Waals surface area contributed by atoms with Gasteiger partial charge in [-0.15, -0.1) is 0 Å². The minimum atomic E-state index is -0.514. The molecule has 0 radical (unpaired) electrons. The van der Waals surface area contributed by atoms with Crippen molar-refractivity contribution >= 4 is 11.6 Å². The van der Waals surface area contributed by atoms with Gasteiger partial charge in [0.25, 0.3) is 0 Å². The van der Waals surface area contributed by atoms with E-state index in [-0.39, 0.29) is 11.3 Å². The SMILES string of the molecule is CCCCCC1=C(CCCC(C)C)C(O)=C(C/C=C(\C)CCC=C(C)C)C(=O)C1=O. The first-order valence-corrected chi connectivity index (χ1v) is 11.7. The standard InChI is InChI=1S/C27H42O3/c1-7-8-9-15-23-22(16-11-13-20(4)5)25(28)24(27(30)26(23)29)18-17-21(6)14-10-12-19(2)3/h12,17,20,28H,7-11,13-16,18H2,1-6H3/b21-17+. The van der Waals surface area contributed by atoms with E-state index >= 15 is 0 Å². The van der Waals surface area contributed by atoms with Gasteiger partial charge < -0.3 is 5.11 Å². The lowest BCUT2D eigenvalue weighted by Gasteiger charge is -2.22. The minimum absolute atomic E-state index is 0.0724. The molecule has 0 fully saturated rings. The zero-order valence-corrected chi connectivity index (χ0v) is 20.1. The average Bonchev–Trinajstić information content (AvgIpc) is 2.67. The fourth-order valence-corrected chi connectivity index (χ4v) is 3.77. The largest absolute Gasteiger partial charge is 0.507 e. The highest BCUT2D eigenvalue weighted by Gasteiger charge is 2.33. The Morgan fingerprint density at radius 3 is 2.13 bits per heavy atom. The van der Waals surface area contributed by atoms with E-state index in [4.69, 9.17) is 0 Å². The number of hydrogen-bond acceptors (Lipinski definition) is 3. The maximum atomic E-state index is 12.9. The van der Waals surface area contributed by atoms with Crippen molar-refractivity contribution in [1.82, 2.24) is 0 Å². The molecule has 0 heterocycles. The number of rotatable bonds is 13. The summed E-state index contributed by atoms with van der Waals surface area (Å²) in [5.74, 6) is -0.260. The molecule has 0 atom stereocenters. The van der Waals surface area contributed by atoms with Gasteiger partial charge >= 0.3 is 0 Å². The summed E-state index contributed by atoms with van der Waals surface area (Å²) in [5, 5.41) is 11.0. The second kappa shape index (κ2) is 13.4. The molecule has 0 saturated heterocycles. The number of carbonyl (C=O) groups is 2. The quantitative estimate of drug-likeness (QED) is 0.145. The molecule has 1 N–H and O–H groups in total. The van der Waals surface area contributed by atoms with Crippen molar-refractivity contribution in [2.45, 2.75) is 106 Å². The molecule has 1 aliphatic carbocycles. The Labute approximate surface area is 184 Å². The average molecular weight is 415 g/mol. The van der Waals surface area contributed by atoms with Gasteiger partial charge in [0.2, 0.25) is 11.6 Å². The van der Waals surface area contributed by atoms with Gasteiger partial charge in [0.15, 0.2) is 0 Å². The Morgan fingerprint density at radius 1 is 0.900 bits per heavy atom. The highest BCUT2D eigenvalue weighted by atomic mass is 16.3. The van der Waals surface area contributed by atoms with Crippen LogP contribution >= 0.6 is 0 Å². The van der Waals surface area contributed by atoms with E-state index in [0.29, 0.717) is 30.8 Å². The fourth-order valence-electron chi connectivity index (χ4n) is 3.77. The third kappa shape index (κ3) is 8.45. The number of aliphatic hydroxyl groups excluding tert-OH is 1. The van der Waals surface area contributed by atoms with Crippen molar-refractivity contribution in [3.63, 3.8) is 0 Å². The van der Waals surface area contributed by atoms with Crippen molar-refractivity contribution < 1.29 is 14.7 Å². The van der Waals surface area contributed by atoms with E-state index in [9.17, 15) is 14.7 Å². The zero-order valence-electron chi connectivity index (χ0n) is 20.1. The number of unbranched alkanes of at least 4 members (excludes halogenated alkanes) is 2. The molecule has 3 nitrogen and oxygen atoms in total. The Kier molecular flexibility index (Phi) is 11.7. The number of ketones is 2. The molecule has 0 unspecified atom stereocenters. The molecule has 0 spiro atoms. The highest BCUT2D eigenvalue weighted by molar-refractivity contribution is 6.50. The number of Topliss-reactive ketones (excluding diaryl/α,β-unsaturated/α-hetero) is 2. The molecule has 0 aromatic carbocycles. The number of aliphatic hydroxyl groups is 1. The van der Waals surface area contributed by atoms with E-state index in [0.717, 1.165) is 50.5 Å². The topological polar surface area (TPSA) is 54.4 Å². The van der Waals surface area contributed by atoms with Crippen molar-refractivity contribution in [1.29, 1.82) is 0 Å². The molecule has 30 heavy (non-hydrogen) atoms. The van der Waals surface area contributed by atoms with E-state index in [1.165, 1.54) is 11.1 Å². The fraction of sp³-hybridized carbons (Fsp3) is 0.630. The highest BCUT2D eigenvalue weighted by Crippen LogP contribution is 2.33. The Bertz CT molecular complexity index is 725. The first-order chi connectivity index (χ1) is 14.2. The monoisotopic (exact) mass is 414 g/mol. The van der Waals surface area contributed by atoms with Crippen LogP contribution in [-0.2, 0) is 9.59 Å². The molecular weight excluding hydrogens is 372 g/mol. The minimum Gasteiger partial charge on any atom is -0.507 e. The summed E-state index contributed by atoms with van der Waals surface area (Å²) in [4.78, 5) is 25.7. The van der Waals surface area contributed by atoms with Gasteiger partial charge in [0, 0.05) is 16.7 Å². The zero-order chi connectivity index (χ0) is 22.7. The molecule has 0 aliphatic heterocycles. The van der Waals surface area contributed by atoms with Gasteiger partial charge in [-0.25, -0.2) is 0 Å². The van der Waals surface area contributed by atoms with Crippen LogP contribution in [0.2, 0.25) is 0 Å². The van der Waals surface area contributed by atoms with Crippen LogP contribution in [0.5, 0.6) is 0 Å². The first-order valence-electron chi connectivity index (χ1n) is 11.7. The lowest BCUT2D eigenvalue weighted by molar-refractivity contribution is -0.132. The van der Waals surface area contributed by atoms with Crippen molar-refractivity contribution in [3.8, 4) is 0 Å². The summed E-state index contributed by atoms with van der Waals surface area (Å²) < 4.78 is 0. The van der Waals surface area contributed by atoms with Crippen LogP contribution in [0.3, 0.4) is 0 Å². The summed E-state index contributed by atoms with van der Waals surface area (Å²) >= 11 is 0. The first kappa shape index (κ1) is 26.1. The summed E-state index contributed by atoms with van der Waals surface area (Å²) in [6, 6.07) is 0. The van der Waals surface area contributed by atoms with Crippen LogP contribution in [0.4, 0.5) is 0 Å². The Balaban J connectivity index is 3.10. The van der Waals surface area contributed by atoms with Crippen molar-refractivity contribution in [2.24, 2.45) is 5.92 Å². The number of allylic oxidation sites excluding steroid dienone is 7. The summed E-state index contributed by atoms with van der Waals surface area (Å²) in [5.41, 5.74) is 4.03. The smallest absolute Gasteiger partial charge is 0.233 e. The molecule has 168 valence electrons. The van der Waals surface area contributed by atoms with E-state index in [2.05, 4.69) is 40.7 Å². The molecule has 0 aromatic heterocycles. The maximum absolute atomic E-state index is 12.9. The van der Waals surface area contributed by atoms with Crippen LogP contribution in [0.1, 0.15) is 106 Å². The molecule has 0 bridgehead atoms. The predicted molar refractivity (Wildman–Crippen MR) is 127 cm³/mol.